The number of ether oxygens (including phenoxy) is 2. The standard InChI is InChI=1S/C19H22N2O3/c1-14(16-5-3-2-4-6-16)21-19(22)20-10-9-15-7-8-17-18(13-15)24-12-11-23-17/h2-8,13-14H,9-12H2,1H3,(H2,20,21,22). The number of urea groups is 1. The van der Waals surface area contributed by atoms with E-state index in [1.165, 1.54) is 0 Å². The van der Waals surface area contributed by atoms with Crippen LogP contribution in [0, 0.1) is 0 Å². The van der Waals surface area contributed by atoms with Gasteiger partial charge in [0.2, 0.25) is 0 Å². The van der Waals surface area contributed by atoms with Gasteiger partial charge in [-0.25, -0.2) is 4.79 Å². The normalized spacial score (nSPS) is 13.9. The predicted octanol–water partition coefficient (Wildman–Crippen LogP) is 3.06. The summed E-state index contributed by atoms with van der Waals surface area (Å²) in [7, 11) is 0. The van der Waals surface area contributed by atoms with Crippen LogP contribution in [0.2, 0.25) is 0 Å². The van der Waals surface area contributed by atoms with Crippen molar-refractivity contribution in [3.63, 3.8) is 0 Å². The first-order valence-electron chi connectivity index (χ1n) is 8.20. The maximum absolute atomic E-state index is 12.0. The number of carbonyl (C=O) groups excluding carboxylic acids is 1. The third-order valence-corrected chi connectivity index (χ3v) is 3.95. The van der Waals surface area contributed by atoms with Crippen LogP contribution in [0.5, 0.6) is 11.5 Å². The van der Waals surface area contributed by atoms with Gasteiger partial charge in [-0.05, 0) is 36.6 Å². The molecule has 0 radical (unpaired) electrons. The molecule has 1 atom stereocenters. The van der Waals surface area contributed by atoms with Crippen LogP contribution in [0.15, 0.2) is 48.5 Å². The summed E-state index contributed by atoms with van der Waals surface area (Å²) in [4.78, 5) is 12.0. The largest absolute Gasteiger partial charge is 0.486 e. The molecular formula is C19H22N2O3. The molecule has 0 saturated heterocycles. The number of fused-ring (bicyclic) bond motifs is 1. The van der Waals surface area contributed by atoms with Crippen molar-refractivity contribution in [1.29, 1.82) is 0 Å². The Bertz CT molecular complexity index is 688. The summed E-state index contributed by atoms with van der Waals surface area (Å²) in [5.41, 5.74) is 2.19. The Morgan fingerprint density at radius 2 is 1.83 bits per heavy atom. The van der Waals surface area contributed by atoms with Crippen LogP contribution in [0.25, 0.3) is 0 Å². The molecule has 2 aromatic rings. The maximum atomic E-state index is 12.0. The summed E-state index contributed by atoms with van der Waals surface area (Å²) in [6, 6.07) is 15.6. The summed E-state index contributed by atoms with van der Waals surface area (Å²) in [5.74, 6) is 1.56. The fourth-order valence-corrected chi connectivity index (χ4v) is 2.64. The topological polar surface area (TPSA) is 59.6 Å². The van der Waals surface area contributed by atoms with Gasteiger partial charge in [0.05, 0.1) is 6.04 Å². The molecule has 0 fully saturated rings. The number of amides is 2. The van der Waals surface area contributed by atoms with E-state index in [0.717, 1.165) is 29.0 Å². The number of carbonyl (C=O) groups is 1. The molecule has 1 heterocycles. The van der Waals surface area contributed by atoms with Gasteiger partial charge >= 0.3 is 6.03 Å². The lowest BCUT2D eigenvalue weighted by Crippen LogP contribution is -2.38. The van der Waals surface area contributed by atoms with E-state index in [1.807, 2.05) is 55.5 Å². The van der Waals surface area contributed by atoms with Crippen LogP contribution >= 0.6 is 0 Å². The molecule has 5 heteroatoms. The molecule has 24 heavy (non-hydrogen) atoms. The number of benzene rings is 2. The summed E-state index contributed by atoms with van der Waals surface area (Å²) >= 11 is 0. The van der Waals surface area contributed by atoms with Crippen molar-refractivity contribution in [2.24, 2.45) is 0 Å². The predicted molar refractivity (Wildman–Crippen MR) is 92.5 cm³/mol. The molecule has 2 N–H and O–H groups in total. The van der Waals surface area contributed by atoms with Crippen LogP contribution in [-0.2, 0) is 6.42 Å². The molecule has 0 saturated carbocycles. The Morgan fingerprint density at radius 1 is 1.08 bits per heavy atom. The Hall–Kier alpha value is -2.69. The minimum absolute atomic E-state index is 0.0273. The molecule has 126 valence electrons. The highest BCUT2D eigenvalue weighted by atomic mass is 16.6. The molecule has 1 aliphatic heterocycles. The average Bonchev–Trinajstić information content (AvgIpc) is 2.62. The second-order valence-corrected chi connectivity index (χ2v) is 5.76. The van der Waals surface area contributed by atoms with E-state index in [4.69, 9.17) is 9.47 Å². The van der Waals surface area contributed by atoms with Gasteiger partial charge in [-0.15, -0.1) is 0 Å². The molecular weight excluding hydrogens is 304 g/mol. The fraction of sp³-hybridized carbons (Fsp3) is 0.316. The smallest absolute Gasteiger partial charge is 0.315 e. The minimum Gasteiger partial charge on any atom is -0.486 e. The molecule has 0 bridgehead atoms. The van der Waals surface area contributed by atoms with Crippen LogP contribution in [0.1, 0.15) is 24.1 Å². The van der Waals surface area contributed by atoms with Crippen LogP contribution in [-0.4, -0.2) is 25.8 Å². The molecule has 1 unspecified atom stereocenters. The highest BCUT2D eigenvalue weighted by Crippen LogP contribution is 2.30. The minimum atomic E-state index is -0.163. The van der Waals surface area contributed by atoms with Gasteiger partial charge in [0.25, 0.3) is 0 Å². The van der Waals surface area contributed by atoms with Crippen molar-refractivity contribution in [2.75, 3.05) is 19.8 Å². The van der Waals surface area contributed by atoms with Gasteiger partial charge in [-0.3, -0.25) is 0 Å². The van der Waals surface area contributed by atoms with Gasteiger partial charge in [0, 0.05) is 6.54 Å². The number of rotatable bonds is 5. The molecule has 2 amide bonds. The van der Waals surface area contributed by atoms with E-state index in [-0.39, 0.29) is 12.1 Å². The Balaban J connectivity index is 1.45. The van der Waals surface area contributed by atoms with Crippen LogP contribution < -0.4 is 20.1 Å². The second kappa shape index (κ2) is 7.73. The van der Waals surface area contributed by atoms with Gasteiger partial charge in [-0.1, -0.05) is 36.4 Å². The summed E-state index contributed by atoms with van der Waals surface area (Å²) in [6.07, 6.45) is 0.740. The number of hydrogen-bond donors (Lipinski definition) is 2. The van der Waals surface area contributed by atoms with E-state index in [0.29, 0.717) is 19.8 Å². The zero-order chi connectivity index (χ0) is 16.8. The van der Waals surface area contributed by atoms with Crippen molar-refractivity contribution in [3.8, 4) is 11.5 Å². The van der Waals surface area contributed by atoms with Crippen LogP contribution in [0.4, 0.5) is 4.79 Å². The van der Waals surface area contributed by atoms with Crippen molar-refractivity contribution in [1.82, 2.24) is 10.6 Å². The monoisotopic (exact) mass is 326 g/mol. The Kier molecular flexibility index (Phi) is 5.21. The van der Waals surface area contributed by atoms with Crippen molar-refractivity contribution in [3.05, 3.63) is 59.7 Å². The first-order valence-corrected chi connectivity index (χ1v) is 8.20. The molecule has 3 rings (SSSR count). The lowest BCUT2D eigenvalue weighted by Gasteiger charge is -2.19. The molecule has 5 nitrogen and oxygen atoms in total. The quantitative estimate of drug-likeness (QED) is 0.888. The highest BCUT2D eigenvalue weighted by molar-refractivity contribution is 5.74. The summed E-state index contributed by atoms with van der Waals surface area (Å²) in [6.45, 7) is 3.70. The second-order valence-electron chi connectivity index (χ2n) is 5.76. The zero-order valence-corrected chi connectivity index (χ0v) is 13.7. The van der Waals surface area contributed by atoms with Gasteiger partial charge in [0.1, 0.15) is 13.2 Å². The van der Waals surface area contributed by atoms with E-state index in [1.54, 1.807) is 0 Å². The third kappa shape index (κ3) is 4.19. The summed E-state index contributed by atoms with van der Waals surface area (Å²) < 4.78 is 11.1. The molecule has 0 spiro atoms. The maximum Gasteiger partial charge on any atom is 0.315 e. The van der Waals surface area contributed by atoms with Crippen molar-refractivity contribution in [2.45, 2.75) is 19.4 Å². The first-order chi connectivity index (χ1) is 11.7. The third-order valence-electron chi connectivity index (χ3n) is 3.95. The Labute approximate surface area is 142 Å². The lowest BCUT2D eigenvalue weighted by molar-refractivity contribution is 0.171. The summed E-state index contributed by atoms with van der Waals surface area (Å²) in [5, 5.41) is 5.83. The van der Waals surface area contributed by atoms with Gasteiger partial charge in [-0.2, -0.15) is 0 Å². The first kappa shape index (κ1) is 16.2. The van der Waals surface area contributed by atoms with Crippen molar-refractivity contribution < 1.29 is 14.3 Å². The Morgan fingerprint density at radius 3 is 2.62 bits per heavy atom. The number of nitrogens with one attached hydrogen (secondary N) is 2. The van der Waals surface area contributed by atoms with Gasteiger partial charge in [0.15, 0.2) is 11.5 Å². The number of hydrogen-bond acceptors (Lipinski definition) is 3. The molecule has 1 aliphatic rings. The fourth-order valence-electron chi connectivity index (χ4n) is 2.64. The molecule has 0 aromatic heterocycles. The highest BCUT2D eigenvalue weighted by Gasteiger charge is 2.12. The van der Waals surface area contributed by atoms with E-state index < -0.39 is 0 Å². The van der Waals surface area contributed by atoms with E-state index in [9.17, 15) is 4.79 Å². The zero-order valence-electron chi connectivity index (χ0n) is 13.7. The van der Waals surface area contributed by atoms with Crippen molar-refractivity contribution >= 4 is 6.03 Å². The SMILES string of the molecule is CC(NC(=O)NCCc1ccc2c(c1)OCCO2)c1ccccc1. The lowest BCUT2D eigenvalue weighted by atomic mass is 10.1. The van der Waals surface area contributed by atoms with E-state index >= 15 is 0 Å². The molecule has 0 aliphatic carbocycles. The van der Waals surface area contributed by atoms with E-state index in [2.05, 4.69) is 10.6 Å². The average molecular weight is 326 g/mol. The molecule has 2 aromatic carbocycles. The van der Waals surface area contributed by atoms with Gasteiger partial charge < -0.3 is 20.1 Å². The van der Waals surface area contributed by atoms with Crippen LogP contribution in [0.3, 0.4) is 0 Å².